The van der Waals surface area contributed by atoms with Gasteiger partial charge in [0.25, 0.3) is 0 Å². The summed E-state index contributed by atoms with van der Waals surface area (Å²) in [6.45, 7) is 0. The first-order valence-corrected chi connectivity index (χ1v) is 4.09. The summed E-state index contributed by atoms with van der Waals surface area (Å²) in [6.07, 6.45) is 0. The number of quaternary nitrogens is 1. The molecule has 0 aliphatic carbocycles. The molecule has 1 rings (SSSR count). The van der Waals surface area contributed by atoms with Gasteiger partial charge in [0.15, 0.2) is 0 Å². The molecule has 3 nitrogen and oxygen atoms in total. The predicted octanol–water partition coefficient (Wildman–Crippen LogP) is 1.46. The number of hydrogen-bond donors (Lipinski definition) is 0. The molecular formula is C10H14NO2+. The lowest BCUT2D eigenvalue weighted by atomic mass is 10.2. The lowest BCUT2D eigenvalue weighted by Crippen LogP contribution is -2.37. The predicted molar refractivity (Wildman–Crippen MR) is 49.9 cm³/mol. The number of hydroxylamine groups is 3. The average Bonchev–Trinajstić information content (AvgIpc) is 2.03. The van der Waals surface area contributed by atoms with E-state index in [9.17, 15) is 4.79 Å². The molecule has 0 unspecified atom stereocenters. The van der Waals surface area contributed by atoms with Crippen molar-refractivity contribution in [2.75, 3.05) is 21.1 Å². The zero-order chi connectivity index (χ0) is 9.90. The van der Waals surface area contributed by atoms with Crippen LogP contribution in [-0.4, -0.2) is 31.8 Å². The standard InChI is InChI=1S/C10H14NO2/c1-11(2,3)13-10(12)9-7-5-4-6-8-9/h4-8H,1-3H3/q+1. The van der Waals surface area contributed by atoms with Gasteiger partial charge in [0.05, 0.1) is 5.56 Å². The minimum absolute atomic E-state index is 0.174. The fourth-order valence-corrected chi connectivity index (χ4v) is 0.876. The maximum atomic E-state index is 11.4. The Morgan fingerprint density at radius 2 is 1.69 bits per heavy atom. The highest BCUT2D eigenvalue weighted by molar-refractivity contribution is 5.88. The molecule has 0 N–H and O–H groups in total. The maximum Gasteiger partial charge on any atom is 0.397 e. The molecule has 70 valence electrons. The number of hydrogen-bond acceptors (Lipinski definition) is 2. The Labute approximate surface area is 78.1 Å². The van der Waals surface area contributed by atoms with Crippen molar-refractivity contribution in [3.05, 3.63) is 35.9 Å². The Hall–Kier alpha value is -1.35. The molecule has 0 saturated heterocycles. The molecule has 1 aromatic rings. The van der Waals surface area contributed by atoms with Gasteiger partial charge in [0, 0.05) is 0 Å². The molecule has 0 aromatic heterocycles. The Kier molecular flexibility index (Phi) is 2.68. The Morgan fingerprint density at radius 3 is 2.15 bits per heavy atom. The van der Waals surface area contributed by atoms with Crippen molar-refractivity contribution in [1.82, 2.24) is 0 Å². The van der Waals surface area contributed by atoms with Crippen molar-refractivity contribution in [1.29, 1.82) is 0 Å². The van der Waals surface area contributed by atoms with Gasteiger partial charge >= 0.3 is 5.97 Å². The molecule has 0 aliphatic rings. The summed E-state index contributed by atoms with van der Waals surface area (Å²) in [5.41, 5.74) is 0.579. The van der Waals surface area contributed by atoms with E-state index in [1.165, 1.54) is 0 Å². The molecule has 0 bridgehead atoms. The molecule has 0 fully saturated rings. The van der Waals surface area contributed by atoms with Crippen molar-refractivity contribution >= 4 is 5.97 Å². The van der Waals surface area contributed by atoms with Crippen LogP contribution in [0, 0.1) is 0 Å². The zero-order valence-electron chi connectivity index (χ0n) is 8.15. The molecule has 1 aromatic carbocycles. The molecule has 0 heterocycles. The third-order valence-corrected chi connectivity index (χ3v) is 1.37. The van der Waals surface area contributed by atoms with Crippen molar-refractivity contribution in [2.24, 2.45) is 0 Å². The van der Waals surface area contributed by atoms with Crippen LogP contribution in [0.2, 0.25) is 0 Å². The topological polar surface area (TPSA) is 26.3 Å². The van der Waals surface area contributed by atoms with E-state index in [1.54, 1.807) is 33.3 Å². The second-order valence-electron chi connectivity index (χ2n) is 3.63. The second-order valence-corrected chi connectivity index (χ2v) is 3.63. The largest absolute Gasteiger partial charge is 0.397 e. The van der Waals surface area contributed by atoms with Crippen LogP contribution in [0.25, 0.3) is 0 Å². The SMILES string of the molecule is C[N+](C)(C)OC(=O)c1ccccc1. The number of carbonyl (C=O) groups excluding carboxylic acids is 1. The quantitative estimate of drug-likeness (QED) is 0.509. The normalized spacial score (nSPS) is 11.0. The van der Waals surface area contributed by atoms with Gasteiger partial charge in [-0.1, -0.05) is 18.2 Å². The first kappa shape index (κ1) is 9.74. The zero-order valence-corrected chi connectivity index (χ0v) is 8.15. The molecule has 0 atom stereocenters. The lowest BCUT2D eigenvalue weighted by Gasteiger charge is -2.20. The van der Waals surface area contributed by atoms with Crippen LogP contribution < -0.4 is 0 Å². The second kappa shape index (κ2) is 3.58. The van der Waals surface area contributed by atoms with Crippen LogP contribution in [0.3, 0.4) is 0 Å². The molecule has 13 heavy (non-hydrogen) atoms. The van der Waals surface area contributed by atoms with Gasteiger partial charge in [-0.25, -0.2) is 4.79 Å². The van der Waals surface area contributed by atoms with Crippen LogP contribution in [0.15, 0.2) is 30.3 Å². The first-order valence-electron chi connectivity index (χ1n) is 4.09. The fourth-order valence-electron chi connectivity index (χ4n) is 0.876. The average molecular weight is 180 g/mol. The van der Waals surface area contributed by atoms with Crippen molar-refractivity contribution in [2.45, 2.75) is 0 Å². The van der Waals surface area contributed by atoms with Gasteiger partial charge in [0.1, 0.15) is 21.1 Å². The summed E-state index contributed by atoms with van der Waals surface area (Å²) in [5, 5.41) is 0. The van der Waals surface area contributed by atoms with E-state index in [0.717, 1.165) is 0 Å². The number of rotatable bonds is 2. The van der Waals surface area contributed by atoms with E-state index in [-0.39, 0.29) is 10.6 Å². The van der Waals surface area contributed by atoms with E-state index in [4.69, 9.17) is 4.84 Å². The van der Waals surface area contributed by atoms with Crippen LogP contribution in [0.5, 0.6) is 0 Å². The first-order chi connectivity index (χ1) is 5.99. The number of nitrogens with zero attached hydrogens (tertiary/aromatic N) is 1. The molecule has 3 heteroatoms. The maximum absolute atomic E-state index is 11.4. The minimum Gasteiger partial charge on any atom is -0.272 e. The number of carbonyl (C=O) groups is 1. The van der Waals surface area contributed by atoms with E-state index in [1.807, 2.05) is 18.2 Å². The van der Waals surface area contributed by atoms with Crippen molar-refractivity contribution in [3.8, 4) is 0 Å². The molecule has 0 amide bonds. The van der Waals surface area contributed by atoms with Crippen molar-refractivity contribution < 1.29 is 14.3 Å². The van der Waals surface area contributed by atoms with Gasteiger partial charge < -0.3 is 0 Å². The van der Waals surface area contributed by atoms with E-state index >= 15 is 0 Å². The van der Waals surface area contributed by atoms with Gasteiger partial charge in [-0.05, 0) is 12.1 Å². The van der Waals surface area contributed by atoms with E-state index in [0.29, 0.717) is 5.56 Å². The Balaban J connectivity index is 2.71. The molecular weight excluding hydrogens is 166 g/mol. The van der Waals surface area contributed by atoms with E-state index in [2.05, 4.69) is 0 Å². The monoisotopic (exact) mass is 180 g/mol. The highest BCUT2D eigenvalue weighted by Crippen LogP contribution is 2.04. The van der Waals surface area contributed by atoms with Crippen LogP contribution in [0.4, 0.5) is 0 Å². The lowest BCUT2D eigenvalue weighted by molar-refractivity contribution is -1.04. The van der Waals surface area contributed by atoms with Gasteiger partial charge in [-0.15, -0.1) is 4.65 Å². The van der Waals surface area contributed by atoms with Crippen LogP contribution in [-0.2, 0) is 4.84 Å². The Bertz CT molecular complexity index is 288. The van der Waals surface area contributed by atoms with Crippen molar-refractivity contribution in [3.63, 3.8) is 0 Å². The highest BCUT2D eigenvalue weighted by Gasteiger charge is 2.16. The van der Waals surface area contributed by atoms with Crippen LogP contribution in [0.1, 0.15) is 10.4 Å². The third kappa shape index (κ3) is 3.25. The summed E-state index contributed by atoms with van der Waals surface area (Å²) < 4.78 is 0.174. The van der Waals surface area contributed by atoms with Gasteiger partial charge in [0.2, 0.25) is 0 Å². The summed E-state index contributed by atoms with van der Waals surface area (Å²) in [5.74, 6) is -0.298. The Morgan fingerprint density at radius 1 is 1.15 bits per heavy atom. The third-order valence-electron chi connectivity index (χ3n) is 1.37. The number of benzene rings is 1. The molecule has 0 saturated carbocycles. The fraction of sp³-hybridized carbons (Fsp3) is 0.300. The van der Waals surface area contributed by atoms with Crippen LogP contribution >= 0.6 is 0 Å². The smallest absolute Gasteiger partial charge is 0.272 e. The molecule has 0 aliphatic heterocycles. The van der Waals surface area contributed by atoms with Gasteiger partial charge in [-0.2, -0.15) is 0 Å². The summed E-state index contributed by atoms with van der Waals surface area (Å²) in [4.78, 5) is 16.5. The minimum atomic E-state index is -0.298. The van der Waals surface area contributed by atoms with E-state index < -0.39 is 0 Å². The summed E-state index contributed by atoms with van der Waals surface area (Å²) in [6, 6.07) is 8.96. The summed E-state index contributed by atoms with van der Waals surface area (Å²) in [7, 11) is 5.38. The van der Waals surface area contributed by atoms with Gasteiger partial charge in [-0.3, -0.25) is 4.84 Å². The molecule has 0 spiro atoms. The molecule has 0 radical (unpaired) electrons. The summed E-state index contributed by atoms with van der Waals surface area (Å²) >= 11 is 0. The highest BCUT2D eigenvalue weighted by atomic mass is 16.7.